The number of anilines is 1. The van der Waals surface area contributed by atoms with Gasteiger partial charge in [-0.05, 0) is 24.3 Å². The molecule has 0 aliphatic rings. The Labute approximate surface area is 148 Å². The first-order valence-corrected chi connectivity index (χ1v) is 7.58. The molecule has 2 rings (SSSR count). The van der Waals surface area contributed by atoms with Gasteiger partial charge in [0.2, 0.25) is 0 Å². The van der Waals surface area contributed by atoms with E-state index in [2.05, 4.69) is 10.3 Å². The number of benzene rings is 2. The summed E-state index contributed by atoms with van der Waals surface area (Å²) in [6.07, 6.45) is 0.789. The third-order valence-corrected chi connectivity index (χ3v) is 3.27. The second kappa shape index (κ2) is 10.8. The van der Waals surface area contributed by atoms with Crippen molar-refractivity contribution in [2.75, 3.05) is 25.0 Å². The zero-order valence-corrected chi connectivity index (χ0v) is 14.3. The van der Waals surface area contributed by atoms with Gasteiger partial charge < -0.3 is 15.8 Å². The van der Waals surface area contributed by atoms with Crippen LogP contribution in [0.5, 0.6) is 5.75 Å². The van der Waals surface area contributed by atoms with Crippen LogP contribution in [0.15, 0.2) is 59.6 Å². The van der Waals surface area contributed by atoms with Crippen LogP contribution in [0.1, 0.15) is 6.42 Å². The third kappa shape index (κ3) is 7.26. The molecule has 124 valence electrons. The normalized spacial score (nSPS) is 10.7. The zero-order chi connectivity index (χ0) is 15.6. The van der Waals surface area contributed by atoms with Crippen LogP contribution >= 0.6 is 24.0 Å². The fourth-order valence-electron chi connectivity index (χ4n) is 1.84. The monoisotopic (exact) mass is 353 g/mol. The molecule has 23 heavy (non-hydrogen) atoms. The average molecular weight is 354 g/mol. The largest absolute Gasteiger partial charge is 0.492 e. The molecule has 0 radical (unpaired) electrons. The van der Waals surface area contributed by atoms with E-state index in [1.165, 1.54) is 0 Å². The molecule has 0 amide bonds. The molecule has 4 nitrogen and oxygen atoms in total. The van der Waals surface area contributed by atoms with E-state index in [0.29, 0.717) is 36.3 Å². The molecule has 0 heterocycles. The topological polar surface area (TPSA) is 59.6 Å². The van der Waals surface area contributed by atoms with E-state index in [1.807, 2.05) is 54.6 Å². The smallest absolute Gasteiger partial charge is 0.137 e. The van der Waals surface area contributed by atoms with Crippen LogP contribution in [0.3, 0.4) is 0 Å². The minimum Gasteiger partial charge on any atom is -0.492 e. The minimum atomic E-state index is 0. The highest BCUT2D eigenvalue weighted by Gasteiger charge is 1.99. The number of ether oxygens (including phenoxy) is 1. The van der Waals surface area contributed by atoms with E-state index in [-0.39, 0.29) is 12.4 Å². The van der Waals surface area contributed by atoms with Crippen LogP contribution in [-0.2, 0) is 0 Å². The maximum Gasteiger partial charge on any atom is 0.137 e. The summed E-state index contributed by atoms with van der Waals surface area (Å²) in [5, 5.41) is 3.84. The quantitative estimate of drug-likeness (QED) is 0.428. The summed E-state index contributed by atoms with van der Waals surface area (Å²) in [4.78, 5) is 4.31. The Morgan fingerprint density at radius 1 is 1.09 bits per heavy atom. The highest BCUT2D eigenvalue weighted by molar-refractivity contribution is 6.32. The lowest BCUT2D eigenvalue weighted by atomic mass is 10.3. The van der Waals surface area contributed by atoms with Gasteiger partial charge in [-0.15, -0.1) is 12.4 Å². The standard InChI is InChI=1S/C17H20ClN3O.ClH/c18-15-9-4-5-10-16(15)22-12-6-11-20-17(19)13-21-14-7-2-1-3-8-14;/h1-5,7-10,21H,6,11-13H2,(H2,19,20);1H. The first kappa shape index (κ1) is 19.1. The van der Waals surface area contributed by atoms with Crippen molar-refractivity contribution in [3.63, 3.8) is 0 Å². The summed E-state index contributed by atoms with van der Waals surface area (Å²) >= 11 is 6.01. The van der Waals surface area contributed by atoms with Crippen LogP contribution in [0.4, 0.5) is 5.69 Å². The highest BCUT2D eigenvalue weighted by atomic mass is 35.5. The predicted octanol–water partition coefficient (Wildman–Crippen LogP) is 4.00. The molecule has 0 bridgehead atoms. The van der Waals surface area contributed by atoms with E-state index in [9.17, 15) is 0 Å². The lowest BCUT2D eigenvalue weighted by Gasteiger charge is -2.07. The van der Waals surface area contributed by atoms with Crippen molar-refractivity contribution < 1.29 is 4.74 Å². The van der Waals surface area contributed by atoms with Gasteiger partial charge >= 0.3 is 0 Å². The Kier molecular flexibility index (Phi) is 8.95. The van der Waals surface area contributed by atoms with Crippen molar-refractivity contribution in [3.05, 3.63) is 59.6 Å². The van der Waals surface area contributed by atoms with Crippen molar-refractivity contribution in [1.82, 2.24) is 0 Å². The van der Waals surface area contributed by atoms with Gasteiger partial charge in [0.1, 0.15) is 11.6 Å². The molecule has 0 saturated heterocycles. The van der Waals surface area contributed by atoms with Crippen molar-refractivity contribution >= 4 is 35.5 Å². The maximum absolute atomic E-state index is 6.01. The number of hydrogen-bond donors (Lipinski definition) is 2. The molecule has 0 atom stereocenters. The van der Waals surface area contributed by atoms with Crippen LogP contribution < -0.4 is 15.8 Å². The van der Waals surface area contributed by atoms with Gasteiger partial charge in [-0.2, -0.15) is 0 Å². The fourth-order valence-corrected chi connectivity index (χ4v) is 2.03. The Morgan fingerprint density at radius 3 is 2.52 bits per heavy atom. The lowest BCUT2D eigenvalue weighted by molar-refractivity contribution is 0.314. The predicted molar refractivity (Wildman–Crippen MR) is 100 cm³/mol. The molecule has 2 aromatic carbocycles. The van der Waals surface area contributed by atoms with Gasteiger partial charge in [-0.3, -0.25) is 4.99 Å². The van der Waals surface area contributed by atoms with E-state index < -0.39 is 0 Å². The van der Waals surface area contributed by atoms with E-state index in [4.69, 9.17) is 22.1 Å². The first-order chi connectivity index (χ1) is 10.8. The van der Waals surface area contributed by atoms with Gasteiger partial charge in [0, 0.05) is 18.7 Å². The molecule has 6 heteroatoms. The molecule has 0 aliphatic carbocycles. The van der Waals surface area contributed by atoms with Crippen molar-refractivity contribution in [3.8, 4) is 5.75 Å². The van der Waals surface area contributed by atoms with Gasteiger partial charge in [-0.1, -0.05) is 41.9 Å². The third-order valence-electron chi connectivity index (χ3n) is 2.96. The molecule has 0 fully saturated rings. The fraction of sp³-hybridized carbons (Fsp3) is 0.235. The number of aliphatic imine (C=N–C) groups is 1. The molecule has 0 aliphatic heterocycles. The number of nitrogens with one attached hydrogen (secondary N) is 1. The zero-order valence-electron chi connectivity index (χ0n) is 12.7. The maximum atomic E-state index is 6.01. The Bertz CT molecular complexity index is 606. The summed E-state index contributed by atoms with van der Waals surface area (Å²) < 4.78 is 5.59. The number of para-hydroxylation sites is 2. The molecule has 3 N–H and O–H groups in total. The van der Waals surface area contributed by atoms with Crippen molar-refractivity contribution in [1.29, 1.82) is 0 Å². The van der Waals surface area contributed by atoms with E-state index in [1.54, 1.807) is 0 Å². The second-order valence-electron chi connectivity index (χ2n) is 4.73. The number of amidine groups is 1. The molecular formula is C17H21Cl2N3O. The summed E-state index contributed by atoms with van der Waals surface area (Å²) in [6, 6.07) is 17.3. The first-order valence-electron chi connectivity index (χ1n) is 7.21. The van der Waals surface area contributed by atoms with Crippen LogP contribution in [0.2, 0.25) is 5.02 Å². The molecule has 2 aromatic rings. The molecule has 0 saturated carbocycles. The van der Waals surface area contributed by atoms with E-state index in [0.717, 1.165) is 12.1 Å². The van der Waals surface area contributed by atoms with Crippen molar-refractivity contribution in [2.45, 2.75) is 6.42 Å². The van der Waals surface area contributed by atoms with Gasteiger partial charge in [0.25, 0.3) is 0 Å². The molecule has 0 spiro atoms. The SMILES string of the molecule is Cl.NC(CNc1ccccc1)=NCCCOc1ccccc1Cl. The Hall–Kier alpha value is -1.91. The number of rotatable bonds is 8. The summed E-state index contributed by atoms with van der Waals surface area (Å²) in [5.74, 6) is 1.29. The number of hydrogen-bond acceptors (Lipinski definition) is 3. The lowest BCUT2D eigenvalue weighted by Crippen LogP contribution is -2.23. The van der Waals surface area contributed by atoms with E-state index >= 15 is 0 Å². The van der Waals surface area contributed by atoms with Crippen LogP contribution in [0.25, 0.3) is 0 Å². The number of nitrogens with two attached hydrogens (primary N) is 1. The molecule has 0 unspecified atom stereocenters. The van der Waals surface area contributed by atoms with Gasteiger partial charge in [0.15, 0.2) is 0 Å². The minimum absolute atomic E-state index is 0. The summed E-state index contributed by atoms with van der Waals surface area (Å²) in [6.45, 7) is 1.73. The van der Waals surface area contributed by atoms with Gasteiger partial charge in [-0.25, -0.2) is 0 Å². The Balaban J connectivity index is 0.00000264. The number of halogens is 2. The number of nitrogens with zero attached hydrogens (tertiary/aromatic N) is 1. The molecular weight excluding hydrogens is 333 g/mol. The van der Waals surface area contributed by atoms with Gasteiger partial charge in [0.05, 0.1) is 18.2 Å². The summed E-state index contributed by atoms with van der Waals surface area (Å²) in [5.41, 5.74) is 6.89. The second-order valence-corrected chi connectivity index (χ2v) is 5.13. The Morgan fingerprint density at radius 2 is 1.78 bits per heavy atom. The highest BCUT2D eigenvalue weighted by Crippen LogP contribution is 2.22. The van der Waals surface area contributed by atoms with Crippen LogP contribution in [-0.4, -0.2) is 25.5 Å². The van der Waals surface area contributed by atoms with Crippen molar-refractivity contribution in [2.24, 2.45) is 10.7 Å². The molecule has 0 aromatic heterocycles. The average Bonchev–Trinajstić information content (AvgIpc) is 2.55. The summed E-state index contributed by atoms with van der Waals surface area (Å²) in [7, 11) is 0. The van der Waals surface area contributed by atoms with Crippen LogP contribution in [0, 0.1) is 0 Å².